The van der Waals surface area contributed by atoms with Gasteiger partial charge >= 0.3 is 11.9 Å². The monoisotopic (exact) mass is 428 g/mol. The standard InChI is InChI=1S/C19H20N6O4S/c1-9-10(2)30-19(23-9)25-16-14(20)15(21-8-22-16)24-13-6-11(17(26)28-3)5-12(7-13)18(27)29-4/h5-8H,20H2,1-4H3,(H2,21,22,23,24,25). The second-order valence-electron chi connectivity index (χ2n) is 6.18. The summed E-state index contributed by atoms with van der Waals surface area (Å²) in [6.45, 7) is 3.89. The van der Waals surface area contributed by atoms with Gasteiger partial charge in [-0.15, -0.1) is 11.3 Å². The Labute approximate surface area is 176 Å². The van der Waals surface area contributed by atoms with Gasteiger partial charge < -0.3 is 25.8 Å². The van der Waals surface area contributed by atoms with E-state index in [-0.39, 0.29) is 22.6 Å². The normalized spacial score (nSPS) is 10.4. The van der Waals surface area contributed by atoms with E-state index in [9.17, 15) is 9.59 Å². The molecular weight excluding hydrogens is 408 g/mol. The number of nitrogen functional groups attached to an aromatic ring is 1. The Bertz CT molecular complexity index is 1060. The molecule has 0 amide bonds. The number of nitrogens with zero attached hydrogens (tertiary/aromatic N) is 3. The van der Waals surface area contributed by atoms with E-state index in [1.165, 1.54) is 50.1 Å². The Balaban J connectivity index is 1.93. The van der Waals surface area contributed by atoms with Crippen molar-refractivity contribution in [2.45, 2.75) is 13.8 Å². The lowest BCUT2D eigenvalue weighted by molar-refractivity contribution is 0.0599. The molecule has 0 saturated heterocycles. The number of aromatic nitrogens is 3. The molecular formula is C19H20N6O4S. The van der Waals surface area contributed by atoms with Crippen LogP contribution in [0.1, 0.15) is 31.3 Å². The zero-order chi connectivity index (χ0) is 21.8. The van der Waals surface area contributed by atoms with E-state index in [1.807, 2.05) is 13.8 Å². The van der Waals surface area contributed by atoms with Crippen molar-refractivity contribution in [3.05, 3.63) is 46.2 Å². The number of benzene rings is 1. The van der Waals surface area contributed by atoms with Crippen LogP contribution in [0.3, 0.4) is 0 Å². The van der Waals surface area contributed by atoms with Gasteiger partial charge in [0.25, 0.3) is 0 Å². The summed E-state index contributed by atoms with van der Waals surface area (Å²) < 4.78 is 9.49. The van der Waals surface area contributed by atoms with Crippen molar-refractivity contribution in [1.82, 2.24) is 15.0 Å². The predicted molar refractivity (Wildman–Crippen MR) is 114 cm³/mol. The molecule has 0 unspecified atom stereocenters. The van der Waals surface area contributed by atoms with Crippen LogP contribution in [0.25, 0.3) is 0 Å². The molecule has 0 aliphatic rings. The van der Waals surface area contributed by atoms with Gasteiger partial charge in [-0.2, -0.15) is 0 Å². The number of anilines is 5. The van der Waals surface area contributed by atoms with Gasteiger partial charge in [-0.1, -0.05) is 0 Å². The van der Waals surface area contributed by atoms with Crippen LogP contribution in [0, 0.1) is 13.8 Å². The van der Waals surface area contributed by atoms with Crippen molar-refractivity contribution in [1.29, 1.82) is 0 Å². The number of ether oxygens (including phenoxy) is 2. The number of thiazole rings is 1. The van der Waals surface area contributed by atoms with Crippen LogP contribution in [-0.4, -0.2) is 41.1 Å². The smallest absolute Gasteiger partial charge is 0.337 e. The Hall–Kier alpha value is -3.73. The number of methoxy groups -OCH3 is 2. The zero-order valence-corrected chi connectivity index (χ0v) is 17.6. The Morgan fingerprint density at radius 3 is 2.03 bits per heavy atom. The number of carbonyl (C=O) groups excluding carboxylic acids is 2. The van der Waals surface area contributed by atoms with E-state index in [2.05, 4.69) is 25.6 Å². The quantitative estimate of drug-likeness (QED) is 0.501. The van der Waals surface area contributed by atoms with Gasteiger partial charge in [0, 0.05) is 10.6 Å². The molecule has 3 rings (SSSR count). The van der Waals surface area contributed by atoms with Crippen molar-refractivity contribution >= 4 is 51.4 Å². The third kappa shape index (κ3) is 4.46. The summed E-state index contributed by atoms with van der Waals surface area (Å²) in [5.74, 6) is -0.540. The first kappa shape index (κ1) is 21.0. The van der Waals surface area contributed by atoms with E-state index in [0.717, 1.165) is 10.6 Å². The summed E-state index contributed by atoms with van der Waals surface area (Å²) in [7, 11) is 2.51. The van der Waals surface area contributed by atoms with Gasteiger partial charge in [-0.3, -0.25) is 0 Å². The van der Waals surface area contributed by atoms with Gasteiger partial charge in [0.05, 0.1) is 31.0 Å². The molecule has 30 heavy (non-hydrogen) atoms. The van der Waals surface area contributed by atoms with Crippen LogP contribution in [0.15, 0.2) is 24.5 Å². The summed E-state index contributed by atoms with van der Waals surface area (Å²) in [5, 5.41) is 6.74. The number of nitrogens with one attached hydrogen (secondary N) is 2. The second kappa shape index (κ2) is 8.74. The fourth-order valence-electron chi connectivity index (χ4n) is 2.53. The van der Waals surface area contributed by atoms with Crippen molar-refractivity contribution in [3.63, 3.8) is 0 Å². The number of nitrogens with two attached hydrogens (primary N) is 1. The average Bonchev–Trinajstić information content (AvgIpc) is 3.06. The van der Waals surface area contributed by atoms with E-state index in [4.69, 9.17) is 15.2 Å². The van der Waals surface area contributed by atoms with Gasteiger partial charge in [0.2, 0.25) is 0 Å². The predicted octanol–water partition coefficient (Wildman–Crippen LogP) is 3.19. The van der Waals surface area contributed by atoms with Crippen LogP contribution in [0.2, 0.25) is 0 Å². The molecule has 0 spiro atoms. The molecule has 0 bridgehead atoms. The zero-order valence-electron chi connectivity index (χ0n) is 16.8. The Kier molecular flexibility index (Phi) is 6.11. The molecule has 4 N–H and O–H groups in total. The maximum Gasteiger partial charge on any atom is 0.337 e. The average molecular weight is 428 g/mol. The third-order valence-corrected chi connectivity index (χ3v) is 5.16. The molecule has 10 nitrogen and oxygen atoms in total. The summed E-state index contributed by atoms with van der Waals surface area (Å²) in [5.41, 5.74) is 8.11. The first-order chi connectivity index (χ1) is 14.3. The number of aryl methyl sites for hydroxylation is 2. The van der Waals surface area contributed by atoms with Gasteiger partial charge in [0.1, 0.15) is 12.0 Å². The summed E-state index contributed by atoms with van der Waals surface area (Å²) >= 11 is 1.48. The number of hydrogen-bond acceptors (Lipinski definition) is 11. The highest BCUT2D eigenvalue weighted by molar-refractivity contribution is 7.15. The van der Waals surface area contributed by atoms with Crippen LogP contribution in [0.5, 0.6) is 0 Å². The molecule has 0 atom stereocenters. The van der Waals surface area contributed by atoms with E-state index in [1.54, 1.807) is 0 Å². The van der Waals surface area contributed by atoms with Crippen molar-refractivity contribution in [3.8, 4) is 0 Å². The van der Waals surface area contributed by atoms with Gasteiger partial charge in [-0.05, 0) is 32.0 Å². The van der Waals surface area contributed by atoms with Crippen LogP contribution >= 0.6 is 11.3 Å². The molecule has 1 aromatic carbocycles. The number of hydrogen-bond donors (Lipinski definition) is 3. The SMILES string of the molecule is COC(=O)c1cc(Nc2ncnc(Nc3nc(C)c(C)s3)c2N)cc(C(=O)OC)c1. The number of esters is 2. The topological polar surface area (TPSA) is 141 Å². The molecule has 0 saturated carbocycles. The third-order valence-electron chi connectivity index (χ3n) is 4.18. The second-order valence-corrected chi connectivity index (χ2v) is 7.38. The molecule has 2 heterocycles. The minimum Gasteiger partial charge on any atom is -0.465 e. The van der Waals surface area contributed by atoms with Gasteiger partial charge in [0.15, 0.2) is 16.8 Å². The van der Waals surface area contributed by atoms with Crippen LogP contribution in [0.4, 0.5) is 28.1 Å². The lowest BCUT2D eigenvalue weighted by atomic mass is 10.1. The first-order valence-corrected chi connectivity index (χ1v) is 9.54. The largest absolute Gasteiger partial charge is 0.465 e. The van der Waals surface area contributed by atoms with Crippen LogP contribution < -0.4 is 16.4 Å². The lowest BCUT2D eigenvalue weighted by Gasteiger charge is -2.13. The highest BCUT2D eigenvalue weighted by Gasteiger charge is 2.16. The highest BCUT2D eigenvalue weighted by Crippen LogP contribution is 2.31. The fourth-order valence-corrected chi connectivity index (χ4v) is 3.34. The van der Waals surface area contributed by atoms with Crippen molar-refractivity contribution in [2.24, 2.45) is 0 Å². The summed E-state index contributed by atoms with van der Waals surface area (Å²) in [4.78, 5) is 37.7. The van der Waals surface area contributed by atoms with Crippen molar-refractivity contribution < 1.29 is 19.1 Å². The molecule has 156 valence electrons. The molecule has 11 heteroatoms. The first-order valence-electron chi connectivity index (χ1n) is 8.72. The van der Waals surface area contributed by atoms with Crippen molar-refractivity contribution in [2.75, 3.05) is 30.6 Å². The molecule has 0 aliphatic carbocycles. The fraction of sp³-hybridized carbons (Fsp3) is 0.211. The summed E-state index contributed by atoms with van der Waals surface area (Å²) in [6.07, 6.45) is 1.33. The number of rotatable bonds is 6. The summed E-state index contributed by atoms with van der Waals surface area (Å²) in [6, 6.07) is 4.41. The molecule has 0 aliphatic heterocycles. The number of carbonyl (C=O) groups is 2. The maximum absolute atomic E-state index is 12.0. The van der Waals surface area contributed by atoms with Gasteiger partial charge in [-0.25, -0.2) is 24.5 Å². The Morgan fingerprint density at radius 1 is 0.967 bits per heavy atom. The van der Waals surface area contributed by atoms with E-state index in [0.29, 0.717) is 16.6 Å². The Morgan fingerprint density at radius 2 is 1.53 bits per heavy atom. The lowest BCUT2D eigenvalue weighted by Crippen LogP contribution is -2.09. The van der Waals surface area contributed by atoms with Crippen LogP contribution in [-0.2, 0) is 9.47 Å². The molecule has 2 aromatic heterocycles. The minimum absolute atomic E-state index is 0.169. The minimum atomic E-state index is -0.601. The van der Waals surface area contributed by atoms with E-state index < -0.39 is 11.9 Å². The highest BCUT2D eigenvalue weighted by atomic mass is 32.1. The molecule has 0 fully saturated rings. The molecule has 0 radical (unpaired) electrons. The van der Waals surface area contributed by atoms with E-state index >= 15 is 0 Å². The maximum atomic E-state index is 12.0. The molecule has 3 aromatic rings.